The summed E-state index contributed by atoms with van der Waals surface area (Å²) in [5.41, 5.74) is 3.46. The molecule has 0 N–H and O–H groups in total. The molecular weight excluding hydrogens is 380 g/mol. The van der Waals surface area contributed by atoms with E-state index in [2.05, 4.69) is 67.8 Å². The lowest BCUT2D eigenvalue weighted by Crippen LogP contribution is -2.58. The van der Waals surface area contributed by atoms with Gasteiger partial charge >= 0.3 is 0 Å². The molecule has 0 radical (unpaired) electrons. The standard InChI is InChI=1S/C22H26N6O2/c1-24-8-10-26(11-9-24)28-15-25(13-17-6-7-20-21(12-17)30-16-29-20)14-27-19-5-3-2-4-18(19)23-22(27)28/h2-7,12H,8-11,13-16H2,1H3. The van der Waals surface area contributed by atoms with Gasteiger partial charge in [0.15, 0.2) is 11.5 Å². The van der Waals surface area contributed by atoms with E-state index in [1.54, 1.807) is 0 Å². The van der Waals surface area contributed by atoms with E-state index < -0.39 is 0 Å². The number of para-hydroxylation sites is 2. The molecule has 6 rings (SSSR count). The molecule has 0 aliphatic carbocycles. The van der Waals surface area contributed by atoms with E-state index in [0.717, 1.165) is 69.0 Å². The van der Waals surface area contributed by atoms with Crippen LogP contribution in [0.15, 0.2) is 42.5 Å². The number of likely N-dealkylation sites (N-methyl/N-ethyl adjacent to an activating group) is 1. The average Bonchev–Trinajstić information content (AvgIpc) is 3.38. The summed E-state index contributed by atoms with van der Waals surface area (Å²) in [6.45, 7) is 6.94. The smallest absolute Gasteiger partial charge is 0.231 e. The summed E-state index contributed by atoms with van der Waals surface area (Å²) in [5.74, 6) is 2.72. The SMILES string of the molecule is CN1CCN(N2CN(Cc3ccc4c(c3)OCO4)Cn3c2nc2ccccc23)CC1. The number of hydrazine groups is 1. The van der Waals surface area contributed by atoms with E-state index in [-0.39, 0.29) is 0 Å². The van der Waals surface area contributed by atoms with Crippen LogP contribution < -0.4 is 14.5 Å². The number of ether oxygens (including phenoxy) is 2. The molecule has 156 valence electrons. The van der Waals surface area contributed by atoms with Crippen LogP contribution in [0.4, 0.5) is 5.95 Å². The first-order chi connectivity index (χ1) is 14.7. The van der Waals surface area contributed by atoms with Crippen molar-refractivity contribution in [3.05, 3.63) is 48.0 Å². The number of rotatable bonds is 3. The van der Waals surface area contributed by atoms with Crippen molar-refractivity contribution in [3.8, 4) is 11.5 Å². The molecule has 8 nitrogen and oxygen atoms in total. The third-order valence-electron chi connectivity index (χ3n) is 6.20. The van der Waals surface area contributed by atoms with Crippen molar-refractivity contribution in [1.29, 1.82) is 0 Å². The second-order valence-corrected chi connectivity index (χ2v) is 8.28. The largest absolute Gasteiger partial charge is 0.454 e. The van der Waals surface area contributed by atoms with Crippen LogP contribution in [0.5, 0.6) is 11.5 Å². The fourth-order valence-electron chi connectivity index (χ4n) is 4.55. The quantitative estimate of drug-likeness (QED) is 0.661. The first kappa shape index (κ1) is 18.0. The molecule has 0 bridgehead atoms. The summed E-state index contributed by atoms with van der Waals surface area (Å²) in [7, 11) is 2.19. The minimum Gasteiger partial charge on any atom is -0.454 e. The molecule has 3 aliphatic rings. The predicted molar refractivity (Wildman–Crippen MR) is 114 cm³/mol. The molecule has 3 aromatic rings. The van der Waals surface area contributed by atoms with Crippen molar-refractivity contribution in [2.45, 2.75) is 13.2 Å². The monoisotopic (exact) mass is 406 g/mol. The van der Waals surface area contributed by atoms with E-state index in [4.69, 9.17) is 14.5 Å². The molecule has 30 heavy (non-hydrogen) atoms. The van der Waals surface area contributed by atoms with Gasteiger partial charge in [-0.15, -0.1) is 0 Å². The van der Waals surface area contributed by atoms with Crippen molar-refractivity contribution in [3.63, 3.8) is 0 Å². The van der Waals surface area contributed by atoms with Gasteiger partial charge in [-0.25, -0.2) is 9.99 Å². The zero-order chi connectivity index (χ0) is 20.1. The molecule has 4 heterocycles. The molecule has 1 aromatic heterocycles. The highest BCUT2D eigenvalue weighted by atomic mass is 16.7. The first-order valence-corrected chi connectivity index (χ1v) is 10.5. The summed E-state index contributed by atoms with van der Waals surface area (Å²) in [6, 6.07) is 14.7. The minimum absolute atomic E-state index is 0.310. The number of piperazine rings is 1. The molecule has 0 amide bonds. The zero-order valence-corrected chi connectivity index (χ0v) is 17.2. The second kappa shape index (κ2) is 7.16. The number of hydrogen-bond acceptors (Lipinski definition) is 7. The van der Waals surface area contributed by atoms with Crippen LogP contribution in [0.25, 0.3) is 11.0 Å². The van der Waals surface area contributed by atoms with E-state index in [0.29, 0.717) is 6.79 Å². The van der Waals surface area contributed by atoms with Crippen molar-refractivity contribution < 1.29 is 9.47 Å². The Labute approximate surface area is 175 Å². The fourth-order valence-corrected chi connectivity index (χ4v) is 4.55. The van der Waals surface area contributed by atoms with Crippen LogP contribution in [-0.2, 0) is 13.2 Å². The Morgan fingerprint density at radius 1 is 0.933 bits per heavy atom. The normalized spacial score (nSPS) is 20.1. The second-order valence-electron chi connectivity index (χ2n) is 8.28. The maximum Gasteiger partial charge on any atom is 0.231 e. The summed E-state index contributed by atoms with van der Waals surface area (Å²) in [4.78, 5) is 9.83. The highest BCUT2D eigenvalue weighted by Crippen LogP contribution is 2.34. The highest BCUT2D eigenvalue weighted by Gasteiger charge is 2.31. The molecular formula is C22H26N6O2. The Bertz CT molecular complexity index is 1070. The average molecular weight is 406 g/mol. The molecule has 0 saturated carbocycles. The number of hydrogen-bond donors (Lipinski definition) is 0. The van der Waals surface area contributed by atoms with Gasteiger partial charge < -0.3 is 14.4 Å². The van der Waals surface area contributed by atoms with E-state index in [1.165, 1.54) is 11.1 Å². The van der Waals surface area contributed by atoms with Gasteiger partial charge in [-0.3, -0.25) is 14.5 Å². The maximum atomic E-state index is 5.58. The molecule has 1 saturated heterocycles. The molecule has 0 spiro atoms. The van der Waals surface area contributed by atoms with Gasteiger partial charge in [-0.05, 0) is 36.9 Å². The predicted octanol–water partition coefficient (Wildman–Crippen LogP) is 2.16. The Balaban J connectivity index is 1.33. The van der Waals surface area contributed by atoms with Crippen LogP contribution in [0.1, 0.15) is 5.56 Å². The minimum atomic E-state index is 0.310. The van der Waals surface area contributed by atoms with Crippen molar-refractivity contribution in [2.75, 3.05) is 51.7 Å². The first-order valence-electron chi connectivity index (χ1n) is 10.5. The molecule has 1 fully saturated rings. The molecule has 3 aliphatic heterocycles. The van der Waals surface area contributed by atoms with Gasteiger partial charge in [0.05, 0.1) is 24.4 Å². The van der Waals surface area contributed by atoms with Crippen LogP contribution in [0, 0.1) is 0 Å². The number of imidazole rings is 1. The Hall–Kier alpha value is -2.81. The third-order valence-corrected chi connectivity index (χ3v) is 6.20. The lowest BCUT2D eigenvalue weighted by molar-refractivity contribution is 0.0863. The summed E-state index contributed by atoms with van der Waals surface area (Å²) in [5, 5.41) is 4.81. The Morgan fingerprint density at radius 3 is 2.67 bits per heavy atom. The van der Waals surface area contributed by atoms with Crippen LogP contribution in [0.2, 0.25) is 0 Å². The lowest BCUT2D eigenvalue weighted by Gasteiger charge is -2.45. The molecule has 0 unspecified atom stereocenters. The topological polar surface area (TPSA) is 49.2 Å². The number of fused-ring (bicyclic) bond motifs is 4. The van der Waals surface area contributed by atoms with E-state index in [1.807, 2.05) is 6.07 Å². The number of aromatic nitrogens is 2. The van der Waals surface area contributed by atoms with Gasteiger partial charge in [0, 0.05) is 32.7 Å². The fraction of sp³-hybridized carbons (Fsp3) is 0.409. The van der Waals surface area contributed by atoms with Gasteiger partial charge in [0.2, 0.25) is 12.7 Å². The Morgan fingerprint density at radius 2 is 1.77 bits per heavy atom. The summed E-state index contributed by atoms with van der Waals surface area (Å²) >= 11 is 0. The summed E-state index contributed by atoms with van der Waals surface area (Å²) < 4.78 is 13.4. The molecule has 8 heteroatoms. The Kier molecular flexibility index (Phi) is 4.29. The van der Waals surface area contributed by atoms with Gasteiger partial charge in [0.25, 0.3) is 0 Å². The van der Waals surface area contributed by atoms with Gasteiger partial charge in [0.1, 0.15) is 0 Å². The number of benzene rings is 2. The number of nitrogens with zero attached hydrogens (tertiary/aromatic N) is 6. The van der Waals surface area contributed by atoms with Gasteiger partial charge in [-0.2, -0.15) is 0 Å². The lowest BCUT2D eigenvalue weighted by atomic mass is 10.2. The third kappa shape index (κ3) is 3.08. The number of anilines is 1. The van der Waals surface area contributed by atoms with Crippen molar-refractivity contribution in [2.24, 2.45) is 0 Å². The zero-order valence-electron chi connectivity index (χ0n) is 17.2. The molecule has 0 atom stereocenters. The van der Waals surface area contributed by atoms with E-state index >= 15 is 0 Å². The van der Waals surface area contributed by atoms with Crippen LogP contribution in [-0.4, -0.2) is 71.0 Å². The van der Waals surface area contributed by atoms with Crippen molar-refractivity contribution in [1.82, 2.24) is 24.4 Å². The van der Waals surface area contributed by atoms with Crippen molar-refractivity contribution >= 4 is 17.0 Å². The highest BCUT2D eigenvalue weighted by molar-refractivity contribution is 5.78. The maximum absolute atomic E-state index is 5.58. The van der Waals surface area contributed by atoms with Crippen LogP contribution in [0.3, 0.4) is 0 Å². The van der Waals surface area contributed by atoms with Crippen LogP contribution >= 0.6 is 0 Å². The van der Waals surface area contributed by atoms with E-state index in [9.17, 15) is 0 Å². The summed E-state index contributed by atoms with van der Waals surface area (Å²) in [6.07, 6.45) is 0. The van der Waals surface area contributed by atoms with Gasteiger partial charge in [-0.1, -0.05) is 18.2 Å². The molecule has 2 aromatic carbocycles.